The van der Waals surface area contributed by atoms with Gasteiger partial charge in [0.25, 0.3) is 0 Å². The van der Waals surface area contributed by atoms with Crippen molar-refractivity contribution in [2.75, 3.05) is 39.5 Å². The van der Waals surface area contributed by atoms with Gasteiger partial charge in [-0.15, -0.1) is 0 Å². The minimum atomic E-state index is -2.19. The first-order valence-electron chi connectivity index (χ1n) is 27.7. The number of unbranched alkanes of at least 4 members (excludes halogenated alkanes) is 1. The summed E-state index contributed by atoms with van der Waals surface area (Å²) in [5.41, 5.74) is 11.2. The number of rotatable bonds is 30. The molecule has 482 valence electrons. The van der Waals surface area contributed by atoms with Gasteiger partial charge in [-0.2, -0.15) is 0 Å². The Hall–Kier alpha value is -6.35. The number of likely N-dealkylation sites (tertiary alicyclic amines) is 2. The van der Waals surface area contributed by atoms with E-state index in [0.29, 0.717) is 25.8 Å². The summed E-state index contributed by atoms with van der Waals surface area (Å²) in [4.78, 5) is 149. The van der Waals surface area contributed by atoms with Gasteiger partial charge in [0.15, 0.2) is 12.6 Å². The number of carboxylic acid groups (broad SMARTS) is 1. The molecule has 0 aromatic heterocycles. The molecule has 0 spiro atoms. The van der Waals surface area contributed by atoms with Crippen LogP contribution in [0.3, 0.4) is 0 Å². The number of ether oxygens (including phenoxy) is 4. The zero-order valence-corrected chi connectivity index (χ0v) is 47.6. The Balaban J connectivity index is 1.68. The average molecular weight is 1220 g/mol. The molecule has 0 radical (unpaired) electrons. The fourth-order valence-electron chi connectivity index (χ4n) is 10.1. The zero-order valence-electron chi connectivity index (χ0n) is 47.6. The van der Waals surface area contributed by atoms with Crippen molar-refractivity contribution in [1.29, 1.82) is 0 Å². The Labute approximate surface area is 487 Å². The third-order valence-electron chi connectivity index (χ3n) is 14.7. The summed E-state index contributed by atoms with van der Waals surface area (Å²) >= 11 is 0. The lowest BCUT2D eigenvalue weighted by atomic mass is 9.95. The number of carboxylic acids is 1. The molecule has 0 saturated carbocycles. The first-order chi connectivity index (χ1) is 40.0. The van der Waals surface area contributed by atoms with Crippen LogP contribution in [0.2, 0.25) is 0 Å². The van der Waals surface area contributed by atoms with Crippen LogP contribution in [0.5, 0.6) is 0 Å². The van der Waals surface area contributed by atoms with E-state index in [9.17, 15) is 98.7 Å². The van der Waals surface area contributed by atoms with Crippen LogP contribution >= 0.6 is 0 Å². The number of hydrogen-bond acceptors (Lipinski definition) is 24. The Morgan fingerprint density at radius 3 is 1.80 bits per heavy atom. The SMILES string of the molecule is CC(=O)N[C@H]1[C@H](O[C@H](C)[C@H](NC(=O)[C@H](CC(N)=O)NC(=O)[C@@H]2CCCN2C(=O)[C@@H]2CCCN2C(=O)[C@H](CCCCN)NC(C)=O)C(=O)N[C@H](C(=O)N[C@@H](CO)C(=O)N[C@@H](C)C(=O)O)[C@@H](C)O)O[C@H](CO)[C@@H](O[C@@H]2O[C@H](CO)[C@H](O)[C@H](O)[C@H]2O)[C@@H]1O. The van der Waals surface area contributed by atoms with Crippen molar-refractivity contribution in [3.8, 4) is 0 Å². The highest BCUT2D eigenvalue weighted by Crippen LogP contribution is 2.31. The molecule has 4 fully saturated rings. The molecule has 35 heteroatoms. The topological polar surface area (TPSA) is 549 Å². The number of hydrogen-bond donors (Lipinski definition) is 18. The molecule has 4 heterocycles. The zero-order chi connectivity index (χ0) is 63.7. The number of aliphatic hydroxyl groups is 8. The molecule has 0 unspecified atom stereocenters. The van der Waals surface area contributed by atoms with Crippen molar-refractivity contribution in [3.63, 3.8) is 0 Å². The van der Waals surface area contributed by atoms with Gasteiger partial charge in [-0.1, -0.05) is 0 Å². The maximum atomic E-state index is 14.6. The second-order valence-corrected chi connectivity index (χ2v) is 21.3. The summed E-state index contributed by atoms with van der Waals surface area (Å²) in [5.74, 6) is -11.5. The van der Waals surface area contributed by atoms with Crippen molar-refractivity contribution >= 4 is 65.0 Å². The molecule has 0 bridgehead atoms. The lowest BCUT2D eigenvalue weighted by molar-refractivity contribution is -0.350. The number of nitrogens with zero attached hydrogens (tertiary/aromatic N) is 2. The van der Waals surface area contributed by atoms with Gasteiger partial charge in [-0.3, -0.25) is 52.7 Å². The van der Waals surface area contributed by atoms with E-state index in [0.717, 1.165) is 27.7 Å². The highest BCUT2D eigenvalue weighted by Gasteiger charge is 2.53. The molecule has 85 heavy (non-hydrogen) atoms. The molecular weight excluding hydrogens is 1140 g/mol. The predicted octanol–water partition coefficient (Wildman–Crippen LogP) is -10.4. The molecule has 4 aliphatic heterocycles. The van der Waals surface area contributed by atoms with Crippen molar-refractivity contribution in [3.05, 3.63) is 0 Å². The minimum Gasteiger partial charge on any atom is -0.480 e. The number of carbonyl (C=O) groups is 11. The van der Waals surface area contributed by atoms with Gasteiger partial charge >= 0.3 is 5.97 Å². The van der Waals surface area contributed by atoms with Gasteiger partial charge in [-0.05, 0) is 72.3 Å². The van der Waals surface area contributed by atoms with Crippen molar-refractivity contribution < 1.29 is 118 Å². The third-order valence-corrected chi connectivity index (χ3v) is 14.7. The highest BCUT2D eigenvalue weighted by molar-refractivity contribution is 5.99. The van der Waals surface area contributed by atoms with Gasteiger partial charge < -0.3 is 123 Å². The van der Waals surface area contributed by atoms with Gasteiger partial charge in [0.1, 0.15) is 97.1 Å². The fraction of sp³-hybridized carbons (Fsp3) is 0.780. The minimum absolute atomic E-state index is 0.0171. The number of carbonyl (C=O) groups excluding carboxylic acids is 10. The first-order valence-corrected chi connectivity index (χ1v) is 27.7. The molecule has 10 amide bonds. The van der Waals surface area contributed by atoms with E-state index >= 15 is 0 Å². The summed E-state index contributed by atoms with van der Waals surface area (Å²) in [6.07, 6.45) is -19.3. The van der Waals surface area contributed by atoms with E-state index in [2.05, 4.69) is 31.9 Å². The van der Waals surface area contributed by atoms with Crippen molar-refractivity contribution in [1.82, 2.24) is 47.0 Å². The largest absolute Gasteiger partial charge is 0.480 e. The number of aliphatic carboxylic acids is 1. The van der Waals surface area contributed by atoms with Crippen LogP contribution in [0.4, 0.5) is 0 Å². The van der Waals surface area contributed by atoms with Crippen molar-refractivity contribution in [2.45, 2.75) is 208 Å². The normalized spacial score (nSPS) is 28.6. The Morgan fingerprint density at radius 2 is 1.24 bits per heavy atom. The lowest BCUT2D eigenvalue weighted by Crippen LogP contribution is -2.68. The molecule has 4 saturated heterocycles. The monoisotopic (exact) mass is 1220 g/mol. The quantitative estimate of drug-likeness (QED) is 0.0297. The van der Waals surface area contributed by atoms with Crippen LogP contribution in [-0.2, 0) is 71.7 Å². The highest BCUT2D eigenvalue weighted by atomic mass is 16.7. The maximum Gasteiger partial charge on any atom is 0.325 e. The average Bonchev–Trinajstić information content (AvgIpc) is 2.69. The van der Waals surface area contributed by atoms with Crippen LogP contribution in [0.1, 0.15) is 86.0 Å². The number of nitrogens with one attached hydrogen (secondary N) is 7. The van der Waals surface area contributed by atoms with E-state index < -0.39 is 213 Å². The third kappa shape index (κ3) is 19.1. The smallest absolute Gasteiger partial charge is 0.325 e. The van der Waals surface area contributed by atoms with E-state index in [1.807, 2.05) is 5.32 Å². The predicted molar refractivity (Wildman–Crippen MR) is 284 cm³/mol. The van der Waals surface area contributed by atoms with E-state index in [1.54, 1.807) is 0 Å². The molecule has 0 aromatic carbocycles. The van der Waals surface area contributed by atoms with Crippen LogP contribution in [0, 0.1) is 0 Å². The van der Waals surface area contributed by atoms with E-state index in [4.69, 9.17) is 30.4 Å². The number of aliphatic hydroxyl groups excluding tert-OH is 8. The summed E-state index contributed by atoms with van der Waals surface area (Å²) in [5, 5.41) is 109. The summed E-state index contributed by atoms with van der Waals surface area (Å²) in [6, 6.07) is -14.8. The maximum absolute atomic E-state index is 14.6. The number of nitrogens with two attached hydrogens (primary N) is 2. The lowest BCUT2D eigenvalue weighted by Gasteiger charge is -2.47. The second-order valence-electron chi connectivity index (χ2n) is 21.3. The molecule has 4 aliphatic rings. The Kier molecular flexibility index (Phi) is 27.6. The molecule has 0 aliphatic carbocycles. The summed E-state index contributed by atoms with van der Waals surface area (Å²) in [7, 11) is 0. The number of amides is 10. The van der Waals surface area contributed by atoms with Crippen LogP contribution in [0.25, 0.3) is 0 Å². The first kappa shape index (κ1) is 71.1. The van der Waals surface area contributed by atoms with Crippen LogP contribution < -0.4 is 48.7 Å². The van der Waals surface area contributed by atoms with Gasteiger partial charge in [0.05, 0.1) is 38.4 Å². The summed E-state index contributed by atoms with van der Waals surface area (Å²) < 4.78 is 23.1. The van der Waals surface area contributed by atoms with Crippen LogP contribution in [-0.4, -0.2) is 282 Å². The summed E-state index contributed by atoms with van der Waals surface area (Å²) in [6.45, 7) is 2.84. The fourth-order valence-corrected chi connectivity index (χ4v) is 10.1. The number of primary amides is 1. The molecule has 35 nitrogen and oxygen atoms in total. The standard InChI is InChI=1S/C50H83N11O24/c1-20(48(80)81)53-42(74)27(17-62)57-44(76)33(21(2)65)58-45(77)34(22(3)82-49-35(55-24(5)67)37(70)40(31(19-64)84-49)85-50-39(72)38(71)36(69)30(18-63)83-50)59-41(73)26(16-32(52)68)56-43(75)28-11-8-14-60(28)47(79)29-12-9-15-61(29)46(78)25(54-23(4)66)10-6-7-13-51/h20-22,25-31,33-40,49-50,62-65,69-72H,6-19,51H2,1-5H3,(H2,52,68)(H,53,74)(H,54,66)(H,55,67)(H,56,75)(H,57,76)(H,58,77)(H,59,73)(H,80,81)/t20-,21+,22+,25-,26-,27-,28-,29-,30+,31+,33-,34-,35+,36-,37+,38-,39+,40+,49+,50-/m0/s1. The van der Waals surface area contributed by atoms with Crippen LogP contribution in [0.15, 0.2) is 0 Å². The van der Waals surface area contributed by atoms with Gasteiger partial charge in [0.2, 0.25) is 59.1 Å². The molecular formula is C50H83N11O24. The van der Waals surface area contributed by atoms with E-state index in [-0.39, 0.29) is 38.8 Å². The Bertz CT molecular complexity index is 2360. The molecule has 20 N–H and O–H groups in total. The van der Waals surface area contributed by atoms with E-state index in [1.165, 1.54) is 16.7 Å². The van der Waals surface area contributed by atoms with Gasteiger partial charge in [-0.25, -0.2) is 0 Å². The second kappa shape index (κ2) is 33.0. The molecule has 0 aromatic rings. The Morgan fingerprint density at radius 1 is 0.647 bits per heavy atom. The van der Waals surface area contributed by atoms with Crippen molar-refractivity contribution in [2.24, 2.45) is 11.5 Å². The molecule has 4 rings (SSSR count). The van der Waals surface area contributed by atoms with Gasteiger partial charge in [0, 0.05) is 26.9 Å². The molecule has 20 atom stereocenters.